The summed E-state index contributed by atoms with van der Waals surface area (Å²) in [6.07, 6.45) is 0.922. The zero-order chi connectivity index (χ0) is 19.0. The van der Waals surface area contributed by atoms with E-state index in [2.05, 4.69) is 74.4 Å². The Morgan fingerprint density at radius 3 is 2.19 bits per heavy atom. The van der Waals surface area contributed by atoms with Gasteiger partial charge in [0.1, 0.15) is 0 Å². The van der Waals surface area contributed by atoms with Gasteiger partial charge >= 0.3 is 0 Å². The largest absolute Gasteiger partial charge is 0.356 e. The molecule has 0 fully saturated rings. The zero-order valence-electron chi connectivity index (χ0n) is 17.7. The molecule has 0 bridgehead atoms. The zero-order valence-corrected chi connectivity index (χ0v) is 20.9. The maximum Gasteiger partial charge on any atom is 0.191 e. The number of hydrogen-bond acceptors (Lipinski definition) is 4. The third kappa shape index (κ3) is 8.99. The molecule has 7 heteroatoms. The summed E-state index contributed by atoms with van der Waals surface area (Å²) in [6.45, 7) is 18.3. The van der Waals surface area contributed by atoms with Crippen LogP contribution >= 0.6 is 35.3 Å². The van der Waals surface area contributed by atoms with Crippen LogP contribution in [0.25, 0.3) is 0 Å². The fourth-order valence-corrected chi connectivity index (χ4v) is 3.72. The summed E-state index contributed by atoms with van der Waals surface area (Å²) in [5.41, 5.74) is 1.30. The molecular formula is C19H38IN5S. The highest BCUT2D eigenvalue weighted by Gasteiger charge is 2.17. The van der Waals surface area contributed by atoms with Gasteiger partial charge in [-0.1, -0.05) is 20.8 Å². The molecule has 0 unspecified atom stereocenters. The smallest absolute Gasteiger partial charge is 0.191 e. The van der Waals surface area contributed by atoms with Crippen molar-refractivity contribution in [2.75, 3.05) is 26.7 Å². The van der Waals surface area contributed by atoms with Crippen LogP contribution in [-0.4, -0.2) is 54.6 Å². The molecule has 0 spiro atoms. The van der Waals surface area contributed by atoms with Gasteiger partial charge in [-0.15, -0.1) is 35.3 Å². The number of thiazole rings is 1. The molecule has 2 N–H and O–H groups in total. The van der Waals surface area contributed by atoms with E-state index in [0.29, 0.717) is 12.1 Å². The molecule has 0 aliphatic rings. The average molecular weight is 496 g/mol. The summed E-state index contributed by atoms with van der Waals surface area (Å²) in [5.74, 6) is 0.861. The van der Waals surface area contributed by atoms with Crippen LogP contribution in [0.2, 0.25) is 0 Å². The number of hydrogen-bond donors (Lipinski definition) is 2. The van der Waals surface area contributed by atoms with E-state index >= 15 is 0 Å². The van der Waals surface area contributed by atoms with Crippen LogP contribution in [0.5, 0.6) is 0 Å². The van der Waals surface area contributed by atoms with E-state index in [0.717, 1.165) is 32.0 Å². The number of aliphatic imine (C=N–C) groups is 1. The van der Waals surface area contributed by atoms with E-state index in [9.17, 15) is 0 Å². The maximum absolute atomic E-state index is 4.74. The van der Waals surface area contributed by atoms with Crippen LogP contribution in [0.3, 0.4) is 0 Å². The first-order valence-corrected chi connectivity index (χ1v) is 10.2. The second-order valence-electron chi connectivity index (χ2n) is 7.98. The average Bonchev–Trinajstić information content (AvgIpc) is 2.97. The first-order chi connectivity index (χ1) is 11.6. The van der Waals surface area contributed by atoms with Gasteiger partial charge < -0.3 is 10.6 Å². The van der Waals surface area contributed by atoms with E-state index < -0.39 is 0 Å². The van der Waals surface area contributed by atoms with Crippen molar-refractivity contribution in [2.45, 2.75) is 72.4 Å². The molecule has 0 aromatic carbocycles. The SMILES string of the molecule is CN=C(NCCc1nc(C(C)(C)C)cs1)NCCN(C(C)C)C(C)C.I. The summed E-state index contributed by atoms with van der Waals surface area (Å²) in [6, 6.07) is 1.11. The fraction of sp³-hybridized carbons (Fsp3) is 0.789. The third-order valence-corrected chi connectivity index (χ3v) is 5.07. The Bertz CT molecular complexity index is 526. The van der Waals surface area contributed by atoms with E-state index in [1.165, 1.54) is 10.7 Å². The lowest BCUT2D eigenvalue weighted by Gasteiger charge is -2.30. The molecule has 1 aromatic rings. The molecule has 0 aliphatic heterocycles. The van der Waals surface area contributed by atoms with Gasteiger partial charge in [0.2, 0.25) is 0 Å². The van der Waals surface area contributed by atoms with Crippen LogP contribution < -0.4 is 10.6 Å². The predicted molar refractivity (Wildman–Crippen MR) is 126 cm³/mol. The van der Waals surface area contributed by atoms with Crippen molar-refractivity contribution in [3.63, 3.8) is 0 Å². The molecular weight excluding hydrogens is 457 g/mol. The van der Waals surface area contributed by atoms with Crippen molar-refractivity contribution < 1.29 is 0 Å². The van der Waals surface area contributed by atoms with Gasteiger partial charge in [-0.25, -0.2) is 4.98 Å². The van der Waals surface area contributed by atoms with Crippen LogP contribution in [-0.2, 0) is 11.8 Å². The third-order valence-electron chi connectivity index (χ3n) is 4.16. The number of guanidine groups is 1. The van der Waals surface area contributed by atoms with Crippen molar-refractivity contribution in [1.82, 2.24) is 20.5 Å². The lowest BCUT2D eigenvalue weighted by molar-refractivity contribution is 0.178. The summed E-state index contributed by atoms with van der Waals surface area (Å²) >= 11 is 1.75. The maximum atomic E-state index is 4.74. The standard InChI is InChI=1S/C19H37N5S.HI/c1-14(2)24(15(3)4)12-11-22-18(20-8)21-10-9-17-23-16(13-25-17)19(5,6)7;/h13-15H,9-12H2,1-8H3,(H2,20,21,22);1H. The first-order valence-electron chi connectivity index (χ1n) is 9.30. The second kappa shape index (κ2) is 12.1. The van der Waals surface area contributed by atoms with Gasteiger partial charge in [-0.2, -0.15) is 0 Å². The Balaban J connectivity index is 0.00000625. The fourth-order valence-electron chi connectivity index (χ4n) is 2.69. The van der Waals surface area contributed by atoms with E-state index in [1.54, 1.807) is 11.3 Å². The molecule has 0 atom stereocenters. The lowest BCUT2D eigenvalue weighted by atomic mass is 9.93. The topological polar surface area (TPSA) is 52.6 Å². The van der Waals surface area contributed by atoms with Crippen LogP contribution in [0, 0.1) is 0 Å². The monoisotopic (exact) mass is 495 g/mol. The van der Waals surface area contributed by atoms with Crippen molar-refractivity contribution in [3.05, 3.63) is 16.1 Å². The highest BCUT2D eigenvalue weighted by Crippen LogP contribution is 2.23. The Labute approximate surface area is 181 Å². The Morgan fingerprint density at radius 2 is 1.73 bits per heavy atom. The van der Waals surface area contributed by atoms with E-state index in [1.807, 2.05) is 7.05 Å². The molecule has 26 heavy (non-hydrogen) atoms. The van der Waals surface area contributed by atoms with Crippen LogP contribution in [0.1, 0.15) is 59.2 Å². The van der Waals surface area contributed by atoms with Crippen molar-refractivity contribution in [1.29, 1.82) is 0 Å². The Morgan fingerprint density at radius 1 is 1.15 bits per heavy atom. The van der Waals surface area contributed by atoms with Gasteiger partial charge in [-0.05, 0) is 27.7 Å². The Hall–Kier alpha value is -0.410. The van der Waals surface area contributed by atoms with Crippen molar-refractivity contribution >= 4 is 41.3 Å². The highest BCUT2D eigenvalue weighted by atomic mass is 127. The molecule has 0 saturated carbocycles. The quantitative estimate of drug-likeness (QED) is 0.327. The molecule has 0 aliphatic carbocycles. The normalized spacial score (nSPS) is 12.7. The molecule has 0 amide bonds. The number of aromatic nitrogens is 1. The minimum Gasteiger partial charge on any atom is -0.356 e. The molecule has 5 nitrogen and oxygen atoms in total. The summed E-state index contributed by atoms with van der Waals surface area (Å²) in [5, 5.41) is 10.1. The lowest BCUT2D eigenvalue weighted by Crippen LogP contribution is -2.45. The minimum atomic E-state index is 0. The number of nitrogens with one attached hydrogen (secondary N) is 2. The molecule has 1 aromatic heterocycles. The number of rotatable bonds is 8. The molecule has 0 saturated heterocycles. The van der Waals surface area contributed by atoms with E-state index in [4.69, 9.17) is 4.98 Å². The van der Waals surface area contributed by atoms with E-state index in [-0.39, 0.29) is 29.4 Å². The van der Waals surface area contributed by atoms with Crippen molar-refractivity contribution in [2.24, 2.45) is 4.99 Å². The highest BCUT2D eigenvalue weighted by molar-refractivity contribution is 14.0. The number of nitrogens with zero attached hydrogens (tertiary/aromatic N) is 3. The number of halogens is 1. The van der Waals surface area contributed by atoms with Gasteiger partial charge in [0.15, 0.2) is 5.96 Å². The summed E-state index contributed by atoms with van der Waals surface area (Å²) in [7, 11) is 1.82. The molecule has 0 radical (unpaired) electrons. The second-order valence-corrected chi connectivity index (χ2v) is 8.92. The Kier molecular flexibility index (Phi) is 11.9. The van der Waals surface area contributed by atoms with Crippen molar-refractivity contribution in [3.8, 4) is 0 Å². The van der Waals surface area contributed by atoms with Crippen LogP contribution in [0.15, 0.2) is 10.4 Å². The molecule has 1 rings (SSSR count). The minimum absolute atomic E-state index is 0. The van der Waals surface area contributed by atoms with Gasteiger partial charge in [0.25, 0.3) is 0 Å². The molecule has 1 heterocycles. The summed E-state index contributed by atoms with van der Waals surface area (Å²) in [4.78, 5) is 11.5. The predicted octanol–water partition coefficient (Wildman–Crippen LogP) is 3.88. The molecule has 152 valence electrons. The van der Waals surface area contributed by atoms with Gasteiger partial charge in [0, 0.05) is 56.0 Å². The summed E-state index contributed by atoms with van der Waals surface area (Å²) < 4.78 is 0. The van der Waals surface area contributed by atoms with Gasteiger partial charge in [-0.3, -0.25) is 9.89 Å². The van der Waals surface area contributed by atoms with Crippen LogP contribution in [0.4, 0.5) is 0 Å². The first kappa shape index (κ1) is 25.6. The van der Waals surface area contributed by atoms with Gasteiger partial charge in [0.05, 0.1) is 10.7 Å².